The molecule has 2 aliphatic carbocycles. The van der Waals surface area contributed by atoms with Crippen molar-refractivity contribution in [2.75, 3.05) is 6.54 Å². The average molecular weight is 311 g/mol. The average Bonchev–Trinajstić information content (AvgIpc) is 3.24. The van der Waals surface area contributed by atoms with Crippen LogP contribution < -0.4 is 0 Å². The van der Waals surface area contributed by atoms with E-state index in [4.69, 9.17) is 4.74 Å². The molecule has 5 nitrogen and oxygen atoms in total. The Morgan fingerprint density at radius 2 is 1.65 bits per heavy atom. The van der Waals surface area contributed by atoms with Gasteiger partial charge in [0, 0.05) is 0 Å². The maximum Gasteiger partial charge on any atom is 0.326 e. The Morgan fingerprint density at radius 1 is 1.04 bits per heavy atom. The molecule has 1 aromatic carbocycles. The van der Waals surface area contributed by atoms with Gasteiger partial charge in [-0.1, -0.05) is 42.5 Å². The number of allylic oxidation sites excluding steroid dienone is 2. The molecule has 0 aromatic heterocycles. The lowest BCUT2D eigenvalue weighted by atomic mass is 9.85. The van der Waals surface area contributed by atoms with Crippen LogP contribution in [0.15, 0.2) is 42.5 Å². The minimum absolute atomic E-state index is 0.148. The SMILES string of the molecule is O=C(CN1C(=O)[C@@H]2[C@H](C1=O)[C@@H]1C=C[C@H]2C1)OCc1ccccc1. The summed E-state index contributed by atoms with van der Waals surface area (Å²) in [5.74, 6) is -1.18. The minimum Gasteiger partial charge on any atom is -0.459 e. The molecule has 0 unspecified atom stereocenters. The summed E-state index contributed by atoms with van der Waals surface area (Å²) in [7, 11) is 0. The number of carbonyl (C=O) groups is 3. The Labute approximate surface area is 133 Å². The van der Waals surface area contributed by atoms with Gasteiger partial charge in [0.1, 0.15) is 13.2 Å². The first-order valence-corrected chi connectivity index (χ1v) is 7.88. The third-order valence-electron chi connectivity index (χ3n) is 5.09. The zero-order valence-electron chi connectivity index (χ0n) is 12.6. The second-order valence-electron chi connectivity index (χ2n) is 6.41. The highest BCUT2D eigenvalue weighted by molar-refractivity contribution is 6.08. The zero-order valence-corrected chi connectivity index (χ0v) is 12.6. The van der Waals surface area contributed by atoms with Gasteiger partial charge >= 0.3 is 5.97 Å². The van der Waals surface area contributed by atoms with Crippen LogP contribution in [0, 0.1) is 23.7 Å². The van der Waals surface area contributed by atoms with Gasteiger partial charge in [0.25, 0.3) is 0 Å². The van der Waals surface area contributed by atoms with Gasteiger partial charge in [0.05, 0.1) is 11.8 Å². The second kappa shape index (κ2) is 5.33. The molecule has 1 aliphatic heterocycles. The molecule has 3 aliphatic rings. The molecule has 1 saturated heterocycles. The number of esters is 1. The van der Waals surface area contributed by atoms with E-state index in [1.165, 1.54) is 0 Å². The molecule has 2 bridgehead atoms. The molecule has 118 valence electrons. The molecule has 2 fully saturated rings. The lowest BCUT2D eigenvalue weighted by Crippen LogP contribution is -2.37. The third-order valence-corrected chi connectivity index (χ3v) is 5.09. The highest BCUT2D eigenvalue weighted by atomic mass is 16.5. The van der Waals surface area contributed by atoms with Crippen molar-refractivity contribution in [1.82, 2.24) is 4.90 Å². The molecule has 5 heteroatoms. The van der Waals surface area contributed by atoms with E-state index in [-0.39, 0.29) is 48.6 Å². The Bertz CT molecular complexity index is 666. The Hall–Kier alpha value is -2.43. The number of nitrogens with zero attached hydrogens (tertiary/aromatic N) is 1. The van der Waals surface area contributed by atoms with Crippen molar-refractivity contribution in [3.05, 3.63) is 48.0 Å². The number of carbonyl (C=O) groups excluding carboxylic acids is 3. The van der Waals surface area contributed by atoms with E-state index in [1.807, 2.05) is 42.5 Å². The van der Waals surface area contributed by atoms with Crippen LogP contribution in [-0.2, 0) is 25.7 Å². The van der Waals surface area contributed by atoms with Crippen molar-refractivity contribution in [3.8, 4) is 0 Å². The highest BCUT2D eigenvalue weighted by Crippen LogP contribution is 2.52. The lowest BCUT2D eigenvalue weighted by molar-refractivity contribution is -0.154. The standard InChI is InChI=1S/C18H17NO4/c20-14(23-10-11-4-2-1-3-5-11)9-19-17(21)15-12-6-7-13(8-12)16(15)18(19)22/h1-7,12-13,15-16H,8-10H2/t12-,13+,15-,16+. The van der Waals surface area contributed by atoms with Gasteiger partial charge in [-0.2, -0.15) is 0 Å². The van der Waals surface area contributed by atoms with Gasteiger partial charge in [-0.15, -0.1) is 0 Å². The summed E-state index contributed by atoms with van der Waals surface area (Å²) in [4.78, 5) is 38.0. The van der Waals surface area contributed by atoms with Crippen LogP contribution in [0.4, 0.5) is 0 Å². The molecule has 23 heavy (non-hydrogen) atoms. The number of likely N-dealkylation sites (tertiary alicyclic amines) is 1. The van der Waals surface area contributed by atoms with Crippen LogP contribution in [-0.4, -0.2) is 29.2 Å². The van der Waals surface area contributed by atoms with E-state index in [1.54, 1.807) is 0 Å². The largest absolute Gasteiger partial charge is 0.459 e. The van der Waals surface area contributed by atoms with Gasteiger partial charge in [-0.25, -0.2) is 0 Å². The molecule has 1 aromatic rings. The first kappa shape index (κ1) is 14.2. The van der Waals surface area contributed by atoms with Crippen LogP contribution in [0.3, 0.4) is 0 Å². The van der Waals surface area contributed by atoms with Crippen LogP contribution in [0.25, 0.3) is 0 Å². The van der Waals surface area contributed by atoms with Crippen molar-refractivity contribution in [1.29, 1.82) is 0 Å². The summed E-state index contributed by atoms with van der Waals surface area (Å²) >= 11 is 0. The van der Waals surface area contributed by atoms with E-state index in [2.05, 4.69) is 0 Å². The maximum absolute atomic E-state index is 12.5. The number of hydrogen-bond acceptors (Lipinski definition) is 4. The fourth-order valence-corrected chi connectivity index (χ4v) is 4.03. The molecule has 1 heterocycles. The summed E-state index contributed by atoms with van der Waals surface area (Å²) in [6.07, 6.45) is 4.96. The number of benzene rings is 1. The second-order valence-corrected chi connectivity index (χ2v) is 6.41. The Morgan fingerprint density at radius 3 is 2.26 bits per heavy atom. The number of ether oxygens (including phenoxy) is 1. The number of imide groups is 1. The Balaban J connectivity index is 1.39. The van der Waals surface area contributed by atoms with E-state index >= 15 is 0 Å². The Kier molecular flexibility index (Phi) is 3.29. The molecule has 4 atom stereocenters. The maximum atomic E-state index is 12.5. The van der Waals surface area contributed by atoms with Crippen LogP contribution in [0.2, 0.25) is 0 Å². The van der Waals surface area contributed by atoms with Crippen molar-refractivity contribution < 1.29 is 19.1 Å². The summed E-state index contributed by atoms with van der Waals surface area (Å²) in [6.45, 7) is -0.132. The fourth-order valence-electron chi connectivity index (χ4n) is 4.03. The molecule has 0 N–H and O–H groups in total. The third kappa shape index (κ3) is 2.27. The normalized spacial score (nSPS) is 30.9. The smallest absolute Gasteiger partial charge is 0.326 e. The predicted molar refractivity (Wildman–Crippen MR) is 80.7 cm³/mol. The van der Waals surface area contributed by atoms with Gasteiger partial charge in [-0.3, -0.25) is 19.3 Å². The van der Waals surface area contributed by atoms with E-state index in [0.717, 1.165) is 16.9 Å². The summed E-state index contributed by atoms with van der Waals surface area (Å²) in [6, 6.07) is 9.32. The van der Waals surface area contributed by atoms with Crippen LogP contribution in [0.1, 0.15) is 12.0 Å². The van der Waals surface area contributed by atoms with Gasteiger partial charge in [0.2, 0.25) is 11.8 Å². The number of hydrogen-bond donors (Lipinski definition) is 0. The van der Waals surface area contributed by atoms with Crippen molar-refractivity contribution in [2.45, 2.75) is 13.0 Å². The number of rotatable bonds is 4. The lowest BCUT2D eigenvalue weighted by Gasteiger charge is -2.16. The molecule has 1 saturated carbocycles. The monoisotopic (exact) mass is 311 g/mol. The number of fused-ring (bicyclic) bond motifs is 5. The topological polar surface area (TPSA) is 63.7 Å². The molecule has 0 radical (unpaired) electrons. The molecule has 4 rings (SSSR count). The fraction of sp³-hybridized carbons (Fsp3) is 0.389. The van der Waals surface area contributed by atoms with Crippen LogP contribution in [0.5, 0.6) is 0 Å². The number of amides is 2. The molecular weight excluding hydrogens is 294 g/mol. The quantitative estimate of drug-likeness (QED) is 0.481. The highest BCUT2D eigenvalue weighted by Gasteiger charge is 2.59. The molecular formula is C18H17NO4. The summed E-state index contributed by atoms with van der Waals surface area (Å²) < 4.78 is 5.18. The van der Waals surface area contributed by atoms with Crippen LogP contribution >= 0.6 is 0 Å². The molecule has 2 amide bonds. The van der Waals surface area contributed by atoms with E-state index < -0.39 is 5.97 Å². The minimum atomic E-state index is -0.546. The summed E-state index contributed by atoms with van der Waals surface area (Å²) in [5.41, 5.74) is 0.874. The van der Waals surface area contributed by atoms with E-state index in [0.29, 0.717) is 0 Å². The van der Waals surface area contributed by atoms with Crippen molar-refractivity contribution >= 4 is 17.8 Å². The van der Waals surface area contributed by atoms with Crippen molar-refractivity contribution in [2.24, 2.45) is 23.7 Å². The molecule has 0 spiro atoms. The van der Waals surface area contributed by atoms with E-state index in [9.17, 15) is 14.4 Å². The predicted octanol–water partition coefficient (Wildman–Crippen LogP) is 1.54. The van der Waals surface area contributed by atoms with Gasteiger partial charge < -0.3 is 4.74 Å². The zero-order chi connectivity index (χ0) is 16.0. The first-order valence-electron chi connectivity index (χ1n) is 7.88. The van der Waals surface area contributed by atoms with Gasteiger partial charge in [0.15, 0.2) is 0 Å². The first-order chi connectivity index (χ1) is 11.1. The van der Waals surface area contributed by atoms with Crippen molar-refractivity contribution in [3.63, 3.8) is 0 Å². The van der Waals surface area contributed by atoms with Gasteiger partial charge in [-0.05, 0) is 23.8 Å². The summed E-state index contributed by atoms with van der Waals surface area (Å²) in [5, 5.41) is 0.